The number of aliphatic carboxylic acids is 1. The molecule has 4 unspecified atom stereocenters. The summed E-state index contributed by atoms with van der Waals surface area (Å²) in [4.78, 5) is 134. The van der Waals surface area contributed by atoms with Gasteiger partial charge in [0.2, 0.25) is 59.1 Å². The number of hydrogen-bond acceptors (Lipinski definition) is 13. The molecule has 0 radical (unpaired) electrons. The molecule has 366 valence electrons. The Morgan fingerprint density at radius 3 is 1.72 bits per heavy atom. The molecule has 0 bridgehead atoms. The standard InChI is InChI=1S/C30H47N11O12.C4H10O.2C3H8/c1-16(27(50)37-14-25(47)41-9-3-5-19(41)30(53)38-15-26(48)49)39-23(45)12-34-21(43)10-33-22(44)11-35-29(52)18(6-7-20(31)42)40-24(46)13-36-28(51)17-4-2-8-32-17;1-2-3-4-5;2*1-3-2/h16-19,32H,2-15H2,1H3,(H2,31,42)(H,33,44)(H,34,43)(H,35,52)(H,36,51)(H,37,50)(H,38,53)(H,39,45)(H,40,46)(H,48,49);5H,2-4H2,1H3;2*3H2,1-2H3. The fraction of sp³-hybridized carbons (Fsp3) is 0.725. The fourth-order valence-corrected chi connectivity index (χ4v) is 5.32. The number of nitrogens with zero attached hydrogens (tertiary/aromatic N) is 1. The molecule has 2 heterocycles. The van der Waals surface area contributed by atoms with Crippen molar-refractivity contribution < 1.29 is 63.0 Å². The number of rotatable bonds is 23. The van der Waals surface area contributed by atoms with Crippen LogP contribution in [-0.4, -0.2) is 163 Å². The third-order valence-electron chi connectivity index (χ3n) is 8.43. The Morgan fingerprint density at radius 2 is 1.20 bits per heavy atom. The molecule has 2 rings (SSSR count). The first-order chi connectivity index (χ1) is 30.3. The highest BCUT2D eigenvalue weighted by Crippen LogP contribution is 2.17. The lowest BCUT2D eigenvalue weighted by Crippen LogP contribution is -2.53. The normalized spacial score (nSPS) is 15.5. The van der Waals surface area contributed by atoms with E-state index in [2.05, 4.69) is 82.5 Å². The summed E-state index contributed by atoms with van der Waals surface area (Å²) < 4.78 is 0. The van der Waals surface area contributed by atoms with Crippen molar-refractivity contribution in [1.29, 1.82) is 0 Å². The van der Waals surface area contributed by atoms with Gasteiger partial charge in [0, 0.05) is 19.6 Å². The van der Waals surface area contributed by atoms with Crippen molar-refractivity contribution in [2.24, 2.45) is 5.73 Å². The molecule has 2 aliphatic rings. The Bertz CT molecular complexity index is 1510. The molecule has 2 fully saturated rings. The third kappa shape index (κ3) is 29.4. The second-order valence-corrected chi connectivity index (χ2v) is 14.6. The average Bonchev–Trinajstić information content (AvgIpc) is 3.98. The quantitative estimate of drug-likeness (QED) is 0.0471. The molecule has 13 N–H and O–H groups in total. The predicted molar refractivity (Wildman–Crippen MR) is 233 cm³/mol. The summed E-state index contributed by atoms with van der Waals surface area (Å²) in [6.07, 6.45) is 6.35. The van der Waals surface area contributed by atoms with Crippen molar-refractivity contribution in [1.82, 2.24) is 52.8 Å². The van der Waals surface area contributed by atoms with Gasteiger partial charge in [0.25, 0.3) is 0 Å². The lowest BCUT2D eigenvalue weighted by atomic mass is 10.1. The topological polar surface area (TPSA) is 366 Å². The minimum atomic E-state index is -1.27. The highest BCUT2D eigenvalue weighted by Gasteiger charge is 2.34. The van der Waals surface area contributed by atoms with E-state index in [4.69, 9.17) is 15.9 Å². The zero-order valence-corrected chi connectivity index (χ0v) is 38.2. The summed E-state index contributed by atoms with van der Waals surface area (Å²) in [6, 6.07) is -3.69. The van der Waals surface area contributed by atoms with Crippen LogP contribution in [0.4, 0.5) is 0 Å². The molecule has 2 saturated heterocycles. The number of nitrogens with one attached hydrogen (secondary N) is 9. The van der Waals surface area contributed by atoms with Gasteiger partial charge in [0.1, 0.15) is 24.7 Å². The first-order valence-corrected chi connectivity index (χ1v) is 21.7. The van der Waals surface area contributed by atoms with Crippen LogP contribution in [0.1, 0.15) is 106 Å². The number of amides is 10. The Hall–Kier alpha value is -5.91. The van der Waals surface area contributed by atoms with Crippen LogP contribution in [0.25, 0.3) is 0 Å². The summed E-state index contributed by atoms with van der Waals surface area (Å²) in [7, 11) is 0. The lowest BCUT2D eigenvalue weighted by Gasteiger charge is -2.24. The molecular weight excluding hydrogens is 843 g/mol. The van der Waals surface area contributed by atoms with Gasteiger partial charge in [0.15, 0.2) is 0 Å². The number of aliphatic hydroxyl groups is 1. The van der Waals surface area contributed by atoms with Gasteiger partial charge in [-0.15, -0.1) is 0 Å². The Morgan fingerprint density at radius 1 is 0.672 bits per heavy atom. The number of carboxylic acid groups (broad SMARTS) is 1. The van der Waals surface area contributed by atoms with Crippen LogP contribution in [-0.2, 0) is 52.7 Å². The van der Waals surface area contributed by atoms with E-state index in [-0.39, 0.29) is 25.3 Å². The van der Waals surface area contributed by atoms with E-state index in [1.807, 2.05) is 0 Å². The van der Waals surface area contributed by atoms with Gasteiger partial charge in [0.05, 0.1) is 38.8 Å². The van der Waals surface area contributed by atoms with Crippen LogP contribution in [0.5, 0.6) is 0 Å². The van der Waals surface area contributed by atoms with E-state index in [9.17, 15) is 52.7 Å². The van der Waals surface area contributed by atoms with Gasteiger partial charge in [-0.25, -0.2) is 0 Å². The van der Waals surface area contributed by atoms with E-state index in [1.165, 1.54) is 24.7 Å². The molecule has 0 saturated carbocycles. The Labute approximate surface area is 374 Å². The van der Waals surface area contributed by atoms with Crippen molar-refractivity contribution in [2.45, 2.75) is 130 Å². The molecule has 2 aliphatic heterocycles. The van der Waals surface area contributed by atoms with Gasteiger partial charge < -0.3 is 68.7 Å². The summed E-state index contributed by atoms with van der Waals surface area (Å²) in [5, 5.41) is 38.2. The molecule has 0 spiro atoms. The molecule has 10 amide bonds. The van der Waals surface area contributed by atoms with Crippen molar-refractivity contribution in [3.8, 4) is 0 Å². The van der Waals surface area contributed by atoms with Gasteiger partial charge in [-0.2, -0.15) is 0 Å². The SMILES string of the molecule is CC(NC(=O)CNC(=O)CNC(=O)CNC(=O)C(CCC(N)=O)NC(=O)CNC(=O)C1CCCN1)C(=O)NCC(=O)N1CCCC1C(=O)NCC(=O)O.CCC.CCC.CCCCO. The van der Waals surface area contributed by atoms with Crippen LogP contribution in [0.2, 0.25) is 0 Å². The van der Waals surface area contributed by atoms with Crippen molar-refractivity contribution >= 4 is 65.0 Å². The number of carboxylic acids is 1. The highest BCUT2D eigenvalue weighted by atomic mass is 16.4. The summed E-state index contributed by atoms with van der Waals surface area (Å²) >= 11 is 0. The van der Waals surface area contributed by atoms with Crippen LogP contribution >= 0.6 is 0 Å². The Balaban J connectivity index is 0. The smallest absolute Gasteiger partial charge is 0.322 e. The maximum Gasteiger partial charge on any atom is 0.322 e. The minimum absolute atomic E-state index is 0.188. The molecule has 0 aromatic rings. The maximum atomic E-state index is 12.6. The second-order valence-electron chi connectivity index (χ2n) is 14.6. The molecule has 4 atom stereocenters. The zero-order valence-electron chi connectivity index (χ0n) is 38.2. The number of likely N-dealkylation sites (tertiary alicyclic amines) is 1. The summed E-state index contributed by atoms with van der Waals surface area (Å²) in [5.74, 6) is -8.23. The van der Waals surface area contributed by atoms with Crippen LogP contribution in [0.3, 0.4) is 0 Å². The van der Waals surface area contributed by atoms with Gasteiger partial charge in [-0.1, -0.05) is 53.9 Å². The van der Waals surface area contributed by atoms with E-state index in [0.717, 1.165) is 19.3 Å². The van der Waals surface area contributed by atoms with Crippen LogP contribution < -0.4 is 53.6 Å². The molecule has 0 aliphatic carbocycles. The lowest BCUT2D eigenvalue weighted by molar-refractivity contribution is -0.141. The number of carbonyl (C=O) groups is 11. The number of carbonyl (C=O) groups excluding carboxylic acids is 10. The number of unbranched alkanes of at least 4 members (excludes halogenated alkanes) is 1. The monoisotopic (exact) mass is 916 g/mol. The predicted octanol–water partition coefficient (Wildman–Crippen LogP) is -3.62. The fourth-order valence-electron chi connectivity index (χ4n) is 5.32. The van der Waals surface area contributed by atoms with E-state index in [1.54, 1.807) is 0 Å². The average molecular weight is 916 g/mol. The Kier molecular flexibility index (Phi) is 34.4. The minimum Gasteiger partial charge on any atom is -0.480 e. The molecule has 24 nitrogen and oxygen atoms in total. The van der Waals surface area contributed by atoms with E-state index in [0.29, 0.717) is 32.4 Å². The second kappa shape index (κ2) is 36.6. The molecule has 0 aromatic heterocycles. The van der Waals surface area contributed by atoms with Crippen molar-refractivity contribution in [3.63, 3.8) is 0 Å². The van der Waals surface area contributed by atoms with Crippen molar-refractivity contribution in [2.75, 3.05) is 59.0 Å². The van der Waals surface area contributed by atoms with E-state index >= 15 is 0 Å². The number of hydrogen-bond donors (Lipinski definition) is 12. The first kappa shape index (κ1) is 60.2. The van der Waals surface area contributed by atoms with Gasteiger partial charge in [-0.05, 0) is 52.0 Å². The molecule has 64 heavy (non-hydrogen) atoms. The van der Waals surface area contributed by atoms with Crippen LogP contribution in [0, 0.1) is 0 Å². The largest absolute Gasteiger partial charge is 0.480 e. The van der Waals surface area contributed by atoms with Gasteiger partial charge >= 0.3 is 5.97 Å². The molecular formula is C40H73N11O13. The zero-order chi connectivity index (χ0) is 49.0. The summed E-state index contributed by atoms with van der Waals surface area (Å²) in [6.45, 7) is 9.82. The van der Waals surface area contributed by atoms with Gasteiger partial charge in [-0.3, -0.25) is 52.7 Å². The molecule has 24 heteroatoms. The maximum absolute atomic E-state index is 12.6. The van der Waals surface area contributed by atoms with Crippen molar-refractivity contribution in [3.05, 3.63) is 0 Å². The first-order valence-electron chi connectivity index (χ1n) is 21.7. The summed E-state index contributed by atoms with van der Waals surface area (Å²) in [5.41, 5.74) is 5.15. The highest BCUT2D eigenvalue weighted by molar-refractivity contribution is 5.95. The number of aliphatic hydroxyl groups excluding tert-OH is 1. The number of primary amides is 1. The molecule has 0 aromatic carbocycles. The third-order valence-corrected chi connectivity index (χ3v) is 8.43. The number of nitrogens with two attached hydrogens (primary N) is 1. The van der Waals surface area contributed by atoms with Crippen LogP contribution in [0.15, 0.2) is 0 Å². The van der Waals surface area contributed by atoms with E-state index < -0.39 is 123 Å².